The van der Waals surface area contributed by atoms with Gasteiger partial charge in [0.05, 0.1) is 0 Å². The first-order chi connectivity index (χ1) is 22.5. The average Bonchev–Trinajstić information content (AvgIpc) is 3.90. The van der Waals surface area contributed by atoms with Crippen molar-refractivity contribution in [2.75, 3.05) is 21.3 Å². The van der Waals surface area contributed by atoms with E-state index in [-0.39, 0.29) is 0 Å². The maximum absolute atomic E-state index is 5.54. The monoisotopic (exact) mass is 814 g/mol. The van der Waals surface area contributed by atoms with Gasteiger partial charge in [-0.2, -0.15) is 0 Å². The molecule has 10 fully saturated rings. The van der Waals surface area contributed by atoms with Gasteiger partial charge >= 0.3 is 8.80 Å². The van der Waals surface area contributed by atoms with Crippen molar-refractivity contribution >= 4 is 103 Å². The van der Waals surface area contributed by atoms with Crippen molar-refractivity contribution in [1.29, 1.82) is 0 Å². The Bertz CT molecular complexity index is 1030. The lowest BCUT2D eigenvalue weighted by Crippen LogP contribution is -2.43. The summed E-state index contributed by atoms with van der Waals surface area (Å²) in [5.41, 5.74) is 0. The Morgan fingerprint density at radius 1 is 0.500 bits per heavy atom. The Morgan fingerprint density at radius 3 is 1.39 bits per heavy atom. The van der Waals surface area contributed by atoms with Gasteiger partial charge in [-0.25, -0.2) is 0 Å². The van der Waals surface area contributed by atoms with Gasteiger partial charge in [0.25, 0.3) is 0 Å². The smallest absolute Gasteiger partial charge is 0.377 e. The Morgan fingerprint density at radius 2 is 0.935 bits per heavy atom. The second-order valence-corrected chi connectivity index (χ2v) is 32.3. The van der Waals surface area contributed by atoms with E-state index >= 15 is 0 Å². The molecule has 3 heterocycles. The molecule has 10 aliphatic rings. The third-order valence-corrected chi connectivity index (χ3v) is 32.7. The van der Waals surface area contributed by atoms with Crippen LogP contribution in [0.3, 0.4) is 0 Å². The van der Waals surface area contributed by atoms with Crippen molar-refractivity contribution in [3.63, 3.8) is 0 Å². The molecular weight excluding hydrogens is 761 g/mol. The summed E-state index contributed by atoms with van der Waals surface area (Å²) in [5, 5.41) is 5.99. The van der Waals surface area contributed by atoms with Gasteiger partial charge in [-0.3, -0.25) is 0 Å². The molecule has 3 nitrogen and oxygen atoms in total. The molecule has 0 aromatic heterocycles. The van der Waals surface area contributed by atoms with E-state index in [4.69, 9.17) is 13.3 Å². The zero-order chi connectivity index (χ0) is 31.6. The first kappa shape index (κ1) is 36.2. The van der Waals surface area contributed by atoms with Crippen LogP contribution in [0.5, 0.6) is 0 Å². The summed E-state index contributed by atoms with van der Waals surface area (Å²) >= 11 is 0. The van der Waals surface area contributed by atoms with Crippen LogP contribution in [0.4, 0.5) is 0 Å². The first-order valence-electron chi connectivity index (χ1n) is 18.1. The molecule has 46 heavy (non-hydrogen) atoms. The van der Waals surface area contributed by atoms with Gasteiger partial charge in [0.15, 0.2) is 0 Å². The highest BCUT2D eigenvalue weighted by Gasteiger charge is 2.62. The van der Waals surface area contributed by atoms with E-state index in [9.17, 15) is 0 Å². The van der Waals surface area contributed by atoms with Gasteiger partial charge in [0.1, 0.15) is 0 Å². The SMILES string of the molecule is CC1CC2C(C1)C1CC2C2SSSC12.CCCC1CC2CC1C1SSSC21.CO[Si](CCC1CC2CC1C1SSSC21)(OC)OC. The average molecular weight is 815 g/mol. The van der Waals surface area contributed by atoms with Crippen LogP contribution in [0.15, 0.2) is 0 Å². The van der Waals surface area contributed by atoms with Gasteiger partial charge in [0.2, 0.25) is 0 Å². The molecular formula is C33H54O3S9Si. The molecule has 6 bridgehead atoms. The number of fused-ring (bicyclic) bond motifs is 18. The summed E-state index contributed by atoms with van der Waals surface area (Å²) in [6, 6.07) is 0.965. The third kappa shape index (κ3) is 6.65. The fourth-order valence-corrected chi connectivity index (χ4v) is 34.4. The van der Waals surface area contributed by atoms with Crippen molar-refractivity contribution < 1.29 is 13.3 Å². The zero-order valence-corrected chi connectivity index (χ0v) is 36.3. The molecule has 3 saturated heterocycles. The van der Waals surface area contributed by atoms with E-state index in [1.54, 1.807) is 53.4 Å². The quantitative estimate of drug-likeness (QED) is 0.173. The highest BCUT2D eigenvalue weighted by molar-refractivity contribution is 9.11. The van der Waals surface area contributed by atoms with Crippen LogP contribution in [0.2, 0.25) is 6.04 Å². The lowest BCUT2D eigenvalue weighted by atomic mass is 9.81. The predicted molar refractivity (Wildman–Crippen MR) is 219 cm³/mol. The molecule has 7 saturated carbocycles. The summed E-state index contributed by atoms with van der Waals surface area (Å²) in [6.07, 6.45) is 14.8. The highest BCUT2D eigenvalue weighted by atomic mass is 33.5. The van der Waals surface area contributed by atoms with Crippen LogP contribution in [0.1, 0.15) is 78.1 Å². The fourth-order valence-electron chi connectivity index (χ4n) is 12.1. The van der Waals surface area contributed by atoms with E-state index in [2.05, 4.69) is 98.3 Å². The molecule has 0 aromatic carbocycles. The highest BCUT2D eigenvalue weighted by Crippen LogP contribution is 2.72. The third-order valence-electron chi connectivity index (χ3n) is 14.0. The number of hydrogen-bond donors (Lipinski definition) is 0. The lowest BCUT2D eigenvalue weighted by Gasteiger charge is -2.32. The minimum absolute atomic E-state index is 0.866. The van der Waals surface area contributed by atoms with Gasteiger partial charge < -0.3 is 13.3 Å². The van der Waals surface area contributed by atoms with Crippen LogP contribution in [-0.4, -0.2) is 61.6 Å². The van der Waals surface area contributed by atoms with Crippen LogP contribution in [0.25, 0.3) is 0 Å². The van der Waals surface area contributed by atoms with E-state index < -0.39 is 8.80 Å². The maximum Gasteiger partial charge on any atom is 0.500 e. The summed E-state index contributed by atoms with van der Waals surface area (Å²) in [7, 11) is 22.0. The van der Waals surface area contributed by atoms with Crippen molar-refractivity contribution in [3.8, 4) is 0 Å². The molecule has 16 atom stereocenters. The molecule has 13 heteroatoms. The minimum Gasteiger partial charge on any atom is -0.377 e. The van der Waals surface area contributed by atoms with Gasteiger partial charge in [-0.1, -0.05) is 91.5 Å². The maximum atomic E-state index is 5.54. The fraction of sp³-hybridized carbons (Fsp3) is 1.00. The lowest BCUT2D eigenvalue weighted by molar-refractivity contribution is 0.120. The molecule has 7 aliphatic carbocycles. The van der Waals surface area contributed by atoms with E-state index in [1.165, 1.54) is 32.1 Å². The summed E-state index contributed by atoms with van der Waals surface area (Å²) in [4.78, 5) is 0. The largest absolute Gasteiger partial charge is 0.500 e. The minimum atomic E-state index is -2.36. The van der Waals surface area contributed by atoms with Crippen LogP contribution in [0, 0.1) is 65.1 Å². The predicted octanol–water partition coefficient (Wildman–Crippen LogP) is 12.0. The molecule has 0 radical (unpaired) electrons. The topological polar surface area (TPSA) is 27.7 Å². The second kappa shape index (κ2) is 15.5. The van der Waals surface area contributed by atoms with Gasteiger partial charge in [0, 0.05) is 58.9 Å². The summed E-state index contributed by atoms with van der Waals surface area (Å²) in [5.74, 6) is 11.6. The molecule has 262 valence electrons. The Kier molecular flexibility index (Phi) is 12.2. The van der Waals surface area contributed by atoms with E-state index in [0.717, 1.165) is 103 Å². The molecule has 16 unspecified atom stereocenters. The second-order valence-electron chi connectivity index (χ2n) is 16.0. The molecule has 3 aliphatic heterocycles. The Hall–Kier alpha value is 3.25. The van der Waals surface area contributed by atoms with Crippen molar-refractivity contribution in [3.05, 3.63) is 0 Å². The number of hydrogen-bond acceptors (Lipinski definition) is 12. The van der Waals surface area contributed by atoms with Crippen molar-refractivity contribution in [2.24, 2.45) is 65.1 Å². The molecule has 0 N–H and O–H groups in total. The van der Waals surface area contributed by atoms with E-state index in [1.807, 2.05) is 9.83 Å². The summed E-state index contributed by atoms with van der Waals surface area (Å²) < 4.78 is 16.6. The van der Waals surface area contributed by atoms with Crippen molar-refractivity contribution in [1.82, 2.24) is 0 Å². The molecule has 10 rings (SSSR count). The van der Waals surface area contributed by atoms with Gasteiger partial charge in [-0.15, -0.1) is 0 Å². The van der Waals surface area contributed by atoms with Gasteiger partial charge in [-0.05, 0) is 146 Å². The molecule has 0 amide bonds. The number of rotatable bonds is 8. The molecule has 0 aromatic rings. The van der Waals surface area contributed by atoms with E-state index in [0.29, 0.717) is 0 Å². The Balaban J connectivity index is 0.000000104. The zero-order valence-electron chi connectivity index (χ0n) is 28.0. The summed E-state index contributed by atoms with van der Waals surface area (Å²) in [6.45, 7) is 4.82. The molecule has 0 spiro atoms. The van der Waals surface area contributed by atoms with Crippen molar-refractivity contribution in [2.45, 2.75) is 116 Å². The Labute approximate surface area is 315 Å². The van der Waals surface area contributed by atoms with Crippen LogP contribution < -0.4 is 0 Å². The standard InChI is InChI=1S/C12H22O3S3Si.C11H16S3.C10H16S3/c1-13-19(14-2,15-3)5-4-8-6-9-7-10(8)12-11(9)16-18-17-12;1-5-2-6-7(3-5)9-4-8(6)10-11(9)13-14-12-10;1-2-3-6-4-7-5-8(6)10-9(7)11-13-12-10/h8-12H,4-7H2,1-3H3;5-11H,2-4H2,1H3;6-10H,2-5H2,1H3. The normalized spacial score (nSPS) is 51.5. The first-order valence-corrected chi connectivity index (χ1v) is 30.8. The van der Waals surface area contributed by atoms with Crippen LogP contribution >= 0.6 is 94.2 Å². The van der Waals surface area contributed by atoms with Crippen LogP contribution in [-0.2, 0) is 13.3 Å².